The monoisotopic (exact) mass is 276 g/mol. The molecule has 0 spiro atoms. The van der Waals surface area contributed by atoms with Gasteiger partial charge < -0.3 is 15.7 Å². The predicted molar refractivity (Wildman–Crippen MR) is 65.7 cm³/mol. The summed E-state index contributed by atoms with van der Waals surface area (Å²) < 4.78 is 0. The molecule has 0 unspecified atom stereocenters. The van der Waals surface area contributed by atoms with Gasteiger partial charge in [-0.2, -0.15) is 0 Å². The van der Waals surface area contributed by atoms with E-state index in [1.165, 1.54) is 6.07 Å². The molecule has 0 radical (unpaired) electrons. The summed E-state index contributed by atoms with van der Waals surface area (Å²) in [5.74, 6) is -0.977. The number of nitrogens with one attached hydrogen (secondary N) is 2. The molecule has 0 fully saturated rings. The van der Waals surface area contributed by atoms with Gasteiger partial charge in [0.2, 0.25) is 0 Å². The van der Waals surface area contributed by atoms with E-state index in [9.17, 15) is 9.59 Å². The lowest BCUT2D eigenvalue weighted by atomic mass is 10.3. The summed E-state index contributed by atoms with van der Waals surface area (Å²) in [5, 5.41) is 14.0. The maximum Gasteiger partial charge on any atom is 0.319 e. The zero-order chi connectivity index (χ0) is 12.8. The minimum Gasteiger partial charge on any atom is -0.481 e. The number of carboxylic acids is 1. The quantitative estimate of drug-likeness (QED) is 0.791. The van der Waals surface area contributed by atoms with E-state index in [2.05, 4.69) is 10.6 Å². The number of anilines is 1. The van der Waals surface area contributed by atoms with Gasteiger partial charge in [-0.3, -0.25) is 4.79 Å². The number of halogens is 2. The number of urea groups is 1. The van der Waals surface area contributed by atoms with Gasteiger partial charge in [-0.1, -0.05) is 23.2 Å². The van der Waals surface area contributed by atoms with Gasteiger partial charge in [0.1, 0.15) is 0 Å². The number of carbonyl (C=O) groups is 2. The van der Waals surface area contributed by atoms with Crippen LogP contribution in [-0.4, -0.2) is 23.7 Å². The fourth-order valence-electron chi connectivity index (χ4n) is 1.04. The molecule has 0 heterocycles. The van der Waals surface area contributed by atoms with E-state index in [0.29, 0.717) is 15.7 Å². The second-order valence-electron chi connectivity index (χ2n) is 3.15. The van der Waals surface area contributed by atoms with Gasteiger partial charge in [-0.05, 0) is 18.2 Å². The summed E-state index contributed by atoms with van der Waals surface area (Å²) in [6, 6.07) is 4.12. The molecule has 0 saturated carbocycles. The molecule has 92 valence electrons. The topological polar surface area (TPSA) is 78.4 Å². The van der Waals surface area contributed by atoms with Crippen molar-refractivity contribution in [3.8, 4) is 0 Å². The first-order valence-electron chi connectivity index (χ1n) is 4.70. The molecular formula is C10H10Cl2N2O3. The number of rotatable bonds is 4. The smallest absolute Gasteiger partial charge is 0.319 e. The van der Waals surface area contributed by atoms with Crippen molar-refractivity contribution >= 4 is 40.9 Å². The van der Waals surface area contributed by atoms with Crippen molar-refractivity contribution in [2.24, 2.45) is 0 Å². The van der Waals surface area contributed by atoms with E-state index in [1.807, 2.05) is 0 Å². The summed E-state index contributed by atoms with van der Waals surface area (Å²) in [6.45, 7) is 0.0480. The van der Waals surface area contributed by atoms with Crippen LogP contribution >= 0.6 is 23.2 Å². The van der Waals surface area contributed by atoms with Crippen LogP contribution in [0.3, 0.4) is 0 Å². The van der Waals surface area contributed by atoms with Gasteiger partial charge in [0, 0.05) is 11.6 Å². The highest BCUT2D eigenvalue weighted by molar-refractivity contribution is 6.36. The van der Waals surface area contributed by atoms with E-state index in [1.54, 1.807) is 12.1 Å². The minimum absolute atomic E-state index is 0.0480. The summed E-state index contributed by atoms with van der Waals surface area (Å²) in [5.41, 5.74) is 0.406. The molecular weight excluding hydrogens is 267 g/mol. The van der Waals surface area contributed by atoms with E-state index < -0.39 is 12.0 Å². The lowest BCUT2D eigenvalue weighted by molar-refractivity contribution is -0.136. The van der Waals surface area contributed by atoms with Crippen LogP contribution in [0.15, 0.2) is 18.2 Å². The Bertz CT molecular complexity index is 438. The standard InChI is InChI=1S/C10H10Cl2N2O3/c11-6-1-2-8(7(12)5-6)14-10(17)13-4-3-9(15)16/h1-2,5H,3-4H2,(H,15,16)(H2,13,14,17). The van der Waals surface area contributed by atoms with Gasteiger partial charge in [0.15, 0.2) is 0 Å². The molecule has 0 saturated heterocycles. The third-order valence-corrected chi connectivity index (χ3v) is 2.35. The van der Waals surface area contributed by atoms with Gasteiger partial charge in [-0.25, -0.2) is 4.79 Å². The van der Waals surface area contributed by atoms with E-state index in [-0.39, 0.29) is 13.0 Å². The minimum atomic E-state index is -0.977. The number of carbonyl (C=O) groups excluding carboxylic acids is 1. The van der Waals surface area contributed by atoms with Crippen LogP contribution in [0, 0.1) is 0 Å². The Balaban J connectivity index is 2.48. The molecule has 1 rings (SSSR count). The van der Waals surface area contributed by atoms with Crippen molar-refractivity contribution in [2.45, 2.75) is 6.42 Å². The molecule has 0 aliphatic rings. The average molecular weight is 277 g/mol. The highest BCUT2D eigenvalue weighted by Crippen LogP contribution is 2.25. The molecule has 0 bridgehead atoms. The Labute approximate surface area is 108 Å². The van der Waals surface area contributed by atoms with Gasteiger partial charge in [0.05, 0.1) is 17.1 Å². The van der Waals surface area contributed by atoms with Crippen LogP contribution in [-0.2, 0) is 4.79 Å². The highest BCUT2D eigenvalue weighted by atomic mass is 35.5. The van der Waals surface area contributed by atoms with E-state index in [4.69, 9.17) is 28.3 Å². The maximum atomic E-state index is 11.3. The molecule has 0 aromatic heterocycles. The molecule has 7 heteroatoms. The van der Waals surface area contributed by atoms with Crippen LogP contribution < -0.4 is 10.6 Å². The second-order valence-corrected chi connectivity index (χ2v) is 3.99. The van der Waals surface area contributed by atoms with Gasteiger partial charge >= 0.3 is 12.0 Å². The molecule has 1 aromatic rings. The number of hydrogen-bond donors (Lipinski definition) is 3. The van der Waals surface area contributed by atoms with Crippen molar-refractivity contribution in [3.05, 3.63) is 28.2 Å². The molecule has 0 atom stereocenters. The predicted octanol–water partition coefficient (Wildman–Crippen LogP) is 2.59. The van der Waals surface area contributed by atoms with Crippen LogP contribution in [0.4, 0.5) is 10.5 Å². The lowest BCUT2D eigenvalue weighted by Gasteiger charge is -2.08. The molecule has 17 heavy (non-hydrogen) atoms. The van der Waals surface area contributed by atoms with E-state index in [0.717, 1.165) is 0 Å². The molecule has 2 amide bonds. The molecule has 3 N–H and O–H groups in total. The first-order valence-corrected chi connectivity index (χ1v) is 5.46. The molecule has 5 nitrogen and oxygen atoms in total. The number of benzene rings is 1. The number of aliphatic carboxylic acids is 1. The first-order chi connectivity index (χ1) is 7.99. The molecule has 0 aliphatic heterocycles. The van der Waals surface area contributed by atoms with Crippen molar-refractivity contribution in [1.29, 1.82) is 0 Å². The second kappa shape index (κ2) is 6.32. The maximum absolute atomic E-state index is 11.3. The summed E-state index contributed by atoms with van der Waals surface area (Å²) >= 11 is 11.5. The van der Waals surface area contributed by atoms with Gasteiger partial charge in [-0.15, -0.1) is 0 Å². The SMILES string of the molecule is O=C(O)CCNC(=O)Nc1ccc(Cl)cc1Cl. The van der Waals surface area contributed by atoms with Crippen LogP contribution in [0.2, 0.25) is 10.0 Å². The Morgan fingerprint density at radius 1 is 1.29 bits per heavy atom. The number of amides is 2. The molecule has 1 aromatic carbocycles. The Morgan fingerprint density at radius 2 is 2.00 bits per heavy atom. The van der Waals surface area contributed by atoms with Crippen molar-refractivity contribution in [2.75, 3.05) is 11.9 Å². The summed E-state index contributed by atoms with van der Waals surface area (Å²) in [6.07, 6.45) is -0.137. The fraction of sp³-hybridized carbons (Fsp3) is 0.200. The summed E-state index contributed by atoms with van der Waals surface area (Å²) in [7, 11) is 0. The fourth-order valence-corrected chi connectivity index (χ4v) is 1.50. The van der Waals surface area contributed by atoms with Crippen molar-refractivity contribution in [3.63, 3.8) is 0 Å². The number of hydrogen-bond acceptors (Lipinski definition) is 2. The zero-order valence-electron chi connectivity index (χ0n) is 8.67. The third-order valence-electron chi connectivity index (χ3n) is 1.80. The van der Waals surface area contributed by atoms with Crippen LogP contribution in [0.5, 0.6) is 0 Å². The Hall–Kier alpha value is -1.46. The normalized spacial score (nSPS) is 9.76. The van der Waals surface area contributed by atoms with Gasteiger partial charge in [0.25, 0.3) is 0 Å². The third kappa shape index (κ3) is 4.93. The first kappa shape index (κ1) is 13.6. The van der Waals surface area contributed by atoms with Crippen molar-refractivity contribution < 1.29 is 14.7 Å². The zero-order valence-corrected chi connectivity index (χ0v) is 10.2. The lowest BCUT2D eigenvalue weighted by Crippen LogP contribution is -2.30. The Kier molecular flexibility index (Phi) is 5.06. The average Bonchev–Trinajstić information content (AvgIpc) is 2.21. The van der Waals surface area contributed by atoms with E-state index >= 15 is 0 Å². The largest absolute Gasteiger partial charge is 0.481 e. The van der Waals surface area contributed by atoms with Crippen LogP contribution in [0.25, 0.3) is 0 Å². The Morgan fingerprint density at radius 3 is 2.59 bits per heavy atom. The van der Waals surface area contributed by atoms with Crippen molar-refractivity contribution in [1.82, 2.24) is 5.32 Å². The van der Waals surface area contributed by atoms with Crippen LogP contribution in [0.1, 0.15) is 6.42 Å². The molecule has 0 aliphatic carbocycles. The number of carboxylic acid groups (broad SMARTS) is 1. The highest BCUT2D eigenvalue weighted by Gasteiger charge is 2.06. The summed E-state index contributed by atoms with van der Waals surface area (Å²) in [4.78, 5) is 21.5.